The van der Waals surface area contributed by atoms with E-state index >= 15 is 0 Å². The Morgan fingerprint density at radius 1 is 1.17 bits per heavy atom. The standard InChI is InChI=1S/C18H21NO4S/c20-18(11-10-15-6-4-12-23-15)19-14-5-3-9-17(13-14)24(21,22)16-7-1-2-8-16/h3-6,9,12-13,16H,1-2,7-8,10-11H2,(H,19,20). The maximum atomic E-state index is 12.6. The highest BCUT2D eigenvalue weighted by Gasteiger charge is 2.30. The first-order chi connectivity index (χ1) is 11.6. The van der Waals surface area contributed by atoms with Crippen LogP contribution in [0.5, 0.6) is 0 Å². The van der Waals surface area contributed by atoms with Crippen molar-refractivity contribution in [3.05, 3.63) is 48.4 Å². The van der Waals surface area contributed by atoms with Crippen LogP contribution in [-0.4, -0.2) is 19.6 Å². The summed E-state index contributed by atoms with van der Waals surface area (Å²) in [6.45, 7) is 0. The lowest BCUT2D eigenvalue weighted by molar-refractivity contribution is -0.116. The summed E-state index contributed by atoms with van der Waals surface area (Å²) >= 11 is 0. The summed E-state index contributed by atoms with van der Waals surface area (Å²) in [5, 5.41) is 2.47. The van der Waals surface area contributed by atoms with Crippen LogP contribution in [-0.2, 0) is 21.1 Å². The minimum Gasteiger partial charge on any atom is -0.469 e. The van der Waals surface area contributed by atoms with Crippen molar-refractivity contribution in [3.63, 3.8) is 0 Å². The van der Waals surface area contributed by atoms with Gasteiger partial charge in [-0.2, -0.15) is 0 Å². The third-order valence-electron chi connectivity index (χ3n) is 4.37. The number of benzene rings is 1. The number of anilines is 1. The van der Waals surface area contributed by atoms with Crippen molar-refractivity contribution in [2.45, 2.75) is 48.7 Å². The van der Waals surface area contributed by atoms with Crippen molar-refractivity contribution in [2.24, 2.45) is 0 Å². The second kappa shape index (κ2) is 7.21. The average Bonchev–Trinajstić information content (AvgIpc) is 3.27. The molecule has 0 spiro atoms. The molecule has 1 aromatic heterocycles. The van der Waals surface area contributed by atoms with E-state index in [1.165, 1.54) is 0 Å². The molecule has 1 aliphatic rings. The molecule has 5 nitrogen and oxygen atoms in total. The van der Waals surface area contributed by atoms with Crippen molar-refractivity contribution in [2.75, 3.05) is 5.32 Å². The first-order valence-corrected chi connectivity index (χ1v) is 9.76. The van der Waals surface area contributed by atoms with E-state index in [1.54, 1.807) is 36.6 Å². The molecule has 1 aliphatic carbocycles. The van der Waals surface area contributed by atoms with Crippen molar-refractivity contribution in [1.29, 1.82) is 0 Å². The van der Waals surface area contributed by atoms with Crippen LogP contribution in [0.15, 0.2) is 52.0 Å². The zero-order valence-corrected chi connectivity index (χ0v) is 14.2. The largest absolute Gasteiger partial charge is 0.469 e. The van der Waals surface area contributed by atoms with Gasteiger partial charge in [0, 0.05) is 18.5 Å². The summed E-state index contributed by atoms with van der Waals surface area (Å²) in [6, 6.07) is 10.1. The summed E-state index contributed by atoms with van der Waals surface area (Å²) in [6.07, 6.45) is 5.75. The Hall–Kier alpha value is -2.08. The van der Waals surface area contributed by atoms with Gasteiger partial charge in [0.05, 0.1) is 16.4 Å². The molecule has 0 atom stereocenters. The highest BCUT2D eigenvalue weighted by Crippen LogP contribution is 2.30. The molecular weight excluding hydrogens is 326 g/mol. The van der Waals surface area contributed by atoms with E-state index in [2.05, 4.69) is 5.32 Å². The first kappa shape index (κ1) is 16.8. The fourth-order valence-electron chi connectivity index (χ4n) is 3.06. The Bertz CT molecular complexity index is 790. The van der Waals surface area contributed by atoms with Crippen LogP contribution >= 0.6 is 0 Å². The van der Waals surface area contributed by atoms with Crippen LogP contribution in [0.4, 0.5) is 5.69 Å². The van der Waals surface area contributed by atoms with Gasteiger partial charge in [-0.05, 0) is 43.2 Å². The Kier molecular flexibility index (Phi) is 5.04. The van der Waals surface area contributed by atoms with Crippen LogP contribution < -0.4 is 5.32 Å². The van der Waals surface area contributed by atoms with Gasteiger partial charge in [-0.3, -0.25) is 4.79 Å². The van der Waals surface area contributed by atoms with E-state index < -0.39 is 9.84 Å². The average molecular weight is 347 g/mol. The molecule has 6 heteroatoms. The fraction of sp³-hybridized carbons (Fsp3) is 0.389. The molecule has 1 amide bonds. The summed E-state index contributed by atoms with van der Waals surface area (Å²) in [5.41, 5.74) is 0.513. The second-order valence-electron chi connectivity index (χ2n) is 6.11. The van der Waals surface area contributed by atoms with Gasteiger partial charge in [0.2, 0.25) is 5.91 Å². The molecule has 0 aliphatic heterocycles. The van der Waals surface area contributed by atoms with E-state index in [-0.39, 0.29) is 17.6 Å². The van der Waals surface area contributed by atoms with Crippen molar-refractivity contribution in [3.8, 4) is 0 Å². The lowest BCUT2D eigenvalue weighted by Gasteiger charge is -2.12. The van der Waals surface area contributed by atoms with Crippen molar-refractivity contribution in [1.82, 2.24) is 0 Å². The minimum absolute atomic E-state index is 0.165. The smallest absolute Gasteiger partial charge is 0.224 e. The molecule has 24 heavy (non-hydrogen) atoms. The predicted molar refractivity (Wildman–Crippen MR) is 91.5 cm³/mol. The van der Waals surface area contributed by atoms with Gasteiger partial charge >= 0.3 is 0 Å². The van der Waals surface area contributed by atoms with Gasteiger partial charge in [-0.25, -0.2) is 8.42 Å². The third-order valence-corrected chi connectivity index (χ3v) is 6.63. The predicted octanol–water partition coefficient (Wildman–Crippen LogP) is 3.57. The number of carbonyl (C=O) groups excluding carboxylic acids is 1. The molecule has 2 aromatic rings. The van der Waals surface area contributed by atoms with Gasteiger partial charge in [-0.15, -0.1) is 0 Å². The zero-order chi connectivity index (χ0) is 17.0. The van der Waals surface area contributed by atoms with Gasteiger partial charge in [-0.1, -0.05) is 18.9 Å². The molecule has 1 aromatic carbocycles. The number of rotatable bonds is 6. The Morgan fingerprint density at radius 3 is 2.67 bits per heavy atom. The number of sulfone groups is 1. The number of aryl methyl sites for hydroxylation is 1. The molecule has 128 valence electrons. The minimum atomic E-state index is -3.31. The summed E-state index contributed by atoms with van der Waals surface area (Å²) in [4.78, 5) is 12.3. The van der Waals surface area contributed by atoms with Crippen LogP contribution in [0, 0.1) is 0 Å². The SMILES string of the molecule is O=C(CCc1ccco1)Nc1cccc(S(=O)(=O)C2CCCC2)c1. The lowest BCUT2D eigenvalue weighted by atomic mass is 10.2. The Morgan fingerprint density at radius 2 is 1.96 bits per heavy atom. The quantitative estimate of drug-likeness (QED) is 0.867. The van der Waals surface area contributed by atoms with E-state index in [9.17, 15) is 13.2 Å². The molecule has 0 radical (unpaired) electrons. The van der Waals surface area contributed by atoms with E-state index in [0.717, 1.165) is 31.4 Å². The molecule has 1 heterocycles. The number of nitrogens with one attached hydrogen (secondary N) is 1. The third kappa shape index (κ3) is 3.87. The van der Waals surface area contributed by atoms with Gasteiger partial charge in [0.25, 0.3) is 0 Å². The molecule has 0 bridgehead atoms. The maximum absolute atomic E-state index is 12.6. The van der Waals surface area contributed by atoms with Crippen molar-refractivity contribution < 1.29 is 17.6 Å². The molecule has 1 fully saturated rings. The van der Waals surface area contributed by atoms with Crippen LogP contribution in [0.2, 0.25) is 0 Å². The lowest BCUT2D eigenvalue weighted by Crippen LogP contribution is -2.18. The van der Waals surface area contributed by atoms with E-state index in [0.29, 0.717) is 17.0 Å². The molecular formula is C18H21NO4S. The Labute approximate surface area is 142 Å². The molecule has 1 saturated carbocycles. The fourth-order valence-corrected chi connectivity index (χ4v) is 4.96. The monoisotopic (exact) mass is 347 g/mol. The number of amides is 1. The zero-order valence-electron chi connectivity index (χ0n) is 13.4. The van der Waals surface area contributed by atoms with E-state index in [4.69, 9.17) is 4.42 Å². The second-order valence-corrected chi connectivity index (χ2v) is 8.33. The van der Waals surface area contributed by atoms with Crippen LogP contribution in [0.25, 0.3) is 0 Å². The normalized spacial score (nSPS) is 15.5. The van der Waals surface area contributed by atoms with Gasteiger partial charge < -0.3 is 9.73 Å². The molecule has 0 saturated heterocycles. The Balaban J connectivity index is 1.65. The number of carbonyl (C=O) groups is 1. The first-order valence-electron chi connectivity index (χ1n) is 8.22. The highest BCUT2D eigenvalue weighted by molar-refractivity contribution is 7.92. The van der Waals surface area contributed by atoms with Gasteiger partial charge in [0.15, 0.2) is 9.84 Å². The topological polar surface area (TPSA) is 76.4 Å². The summed E-state index contributed by atoms with van der Waals surface area (Å²) in [7, 11) is -3.31. The highest BCUT2D eigenvalue weighted by atomic mass is 32.2. The molecule has 3 rings (SSSR count). The van der Waals surface area contributed by atoms with Gasteiger partial charge in [0.1, 0.15) is 5.76 Å². The summed E-state index contributed by atoms with van der Waals surface area (Å²) < 4.78 is 30.5. The van der Waals surface area contributed by atoms with E-state index in [1.807, 2.05) is 6.07 Å². The number of hydrogen-bond donors (Lipinski definition) is 1. The maximum Gasteiger partial charge on any atom is 0.224 e. The summed E-state index contributed by atoms with van der Waals surface area (Å²) in [5.74, 6) is 0.588. The number of furan rings is 1. The number of hydrogen-bond acceptors (Lipinski definition) is 4. The van der Waals surface area contributed by atoms with Crippen LogP contribution in [0.3, 0.4) is 0 Å². The van der Waals surface area contributed by atoms with Crippen molar-refractivity contribution >= 4 is 21.4 Å². The molecule has 0 unspecified atom stereocenters. The van der Waals surface area contributed by atoms with Crippen LogP contribution in [0.1, 0.15) is 37.9 Å². The molecule has 1 N–H and O–H groups in total.